The number of aromatic nitrogens is 1. The van der Waals surface area contributed by atoms with Gasteiger partial charge in [-0.3, -0.25) is 14.4 Å². The fourth-order valence-corrected chi connectivity index (χ4v) is 2.92. The van der Waals surface area contributed by atoms with Crippen molar-refractivity contribution < 1.29 is 9.59 Å². The second kappa shape index (κ2) is 8.16. The number of halogens is 1. The van der Waals surface area contributed by atoms with Crippen molar-refractivity contribution in [2.24, 2.45) is 0 Å². The lowest BCUT2D eigenvalue weighted by atomic mass is 10.2. The van der Waals surface area contributed by atoms with Gasteiger partial charge in [-0.25, -0.2) is 0 Å². The maximum Gasteiger partial charge on any atom is 0.250 e. The van der Waals surface area contributed by atoms with Crippen LogP contribution in [0.5, 0.6) is 0 Å². The normalized spacial score (nSPS) is 14.3. The lowest BCUT2D eigenvalue weighted by Gasteiger charge is -2.26. The van der Waals surface area contributed by atoms with E-state index in [-0.39, 0.29) is 30.5 Å². The van der Waals surface area contributed by atoms with Gasteiger partial charge in [-0.05, 0) is 17.7 Å². The molecule has 7 nitrogen and oxygen atoms in total. The minimum atomic E-state index is -0.303. The number of pyridine rings is 1. The summed E-state index contributed by atoms with van der Waals surface area (Å²) in [5.41, 5.74) is 1.11. The summed E-state index contributed by atoms with van der Waals surface area (Å²) in [7, 11) is 0. The van der Waals surface area contributed by atoms with Crippen molar-refractivity contribution in [3.05, 3.63) is 63.5 Å². The van der Waals surface area contributed by atoms with Gasteiger partial charge in [0.2, 0.25) is 11.8 Å². The molecule has 0 saturated carbocycles. The number of rotatable bonds is 5. The van der Waals surface area contributed by atoms with E-state index in [9.17, 15) is 14.4 Å². The van der Waals surface area contributed by atoms with Crippen molar-refractivity contribution in [3.8, 4) is 0 Å². The van der Waals surface area contributed by atoms with Crippen LogP contribution < -0.4 is 16.2 Å². The number of hydrogen-bond donors (Lipinski definition) is 2. The third-order valence-electron chi connectivity index (χ3n) is 4.09. The zero-order valence-electron chi connectivity index (χ0n) is 14.1. The molecule has 3 rings (SSSR count). The molecule has 2 amide bonds. The average molecular weight is 375 g/mol. The Bertz CT molecular complexity index is 881. The Hall–Kier alpha value is -2.64. The second-order valence-electron chi connectivity index (χ2n) is 6.02. The Labute approximate surface area is 155 Å². The van der Waals surface area contributed by atoms with E-state index in [4.69, 9.17) is 11.6 Å². The van der Waals surface area contributed by atoms with Gasteiger partial charge in [0, 0.05) is 30.4 Å². The molecule has 1 aliphatic rings. The summed E-state index contributed by atoms with van der Waals surface area (Å²) in [6.45, 7) is 1.71. The van der Waals surface area contributed by atoms with Gasteiger partial charge in [0.1, 0.15) is 0 Å². The Morgan fingerprint density at radius 2 is 2.00 bits per heavy atom. The van der Waals surface area contributed by atoms with Gasteiger partial charge in [0.15, 0.2) is 0 Å². The first-order valence-corrected chi connectivity index (χ1v) is 8.63. The first-order chi connectivity index (χ1) is 12.5. The zero-order chi connectivity index (χ0) is 18.5. The summed E-state index contributed by atoms with van der Waals surface area (Å²) in [5, 5.41) is 6.26. The summed E-state index contributed by atoms with van der Waals surface area (Å²) < 4.78 is 1.48. The number of piperazine rings is 1. The third kappa shape index (κ3) is 4.50. The molecule has 26 heavy (non-hydrogen) atoms. The predicted octanol–water partition coefficient (Wildman–Crippen LogP) is 0.920. The summed E-state index contributed by atoms with van der Waals surface area (Å²) >= 11 is 6.15. The Balaban J connectivity index is 1.69. The van der Waals surface area contributed by atoms with Crippen molar-refractivity contribution in [2.45, 2.75) is 6.54 Å². The van der Waals surface area contributed by atoms with Crippen LogP contribution in [-0.4, -0.2) is 47.5 Å². The third-order valence-corrected chi connectivity index (χ3v) is 4.46. The van der Waals surface area contributed by atoms with Gasteiger partial charge in [-0.1, -0.05) is 29.8 Å². The highest BCUT2D eigenvalue weighted by Crippen LogP contribution is 2.16. The lowest BCUT2D eigenvalue weighted by Crippen LogP contribution is -2.50. The molecule has 1 saturated heterocycles. The molecule has 0 spiro atoms. The maximum absolute atomic E-state index is 12.2. The number of nitrogens with one attached hydrogen (secondary N) is 2. The smallest absolute Gasteiger partial charge is 0.250 e. The zero-order valence-corrected chi connectivity index (χ0v) is 14.8. The summed E-state index contributed by atoms with van der Waals surface area (Å²) in [5.74, 6) is -0.404. The molecular formula is C18H19ClN4O3. The predicted molar refractivity (Wildman–Crippen MR) is 99.3 cm³/mol. The Kier molecular flexibility index (Phi) is 5.70. The van der Waals surface area contributed by atoms with E-state index in [1.165, 1.54) is 15.5 Å². The van der Waals surface area contributed by atoms with Crippen molar-refractivity contribution >= 4 is 29.1 Å². The molecule has 1 fully saturated rings. The number of carbonyl (C=O) groups excluding carboxylic acids is 2. The summed E-state index contributed by atoms with van der Waals surface area (Å²) in [4.78, 5) is 37.5. The molecule has 136 valence electrons. The highest BCUT2D eigenvalue weighted by molar-refractivity contribution is 6.31. The van der Waals surface area contributed by atoms with Gasteiger partial charge in [0.25, 0.3) is 5.56 Å². The van der Waals surface area contributed by atoms with Crippen LogP contribution in [-0.2, 0) is 16.1 Å². The molecule has 1 aromatic heterocycles. The summed E-state index contributed by atoms with van der Waals surface area (Å²) in [6.07, 6.45) is 1.57. The standard InChI is InChI=1S/C18H19ClN4O3/c19-15-4-2-1-3-13(15)10-23-11-14(5-6-17(23)25)21-16(24)12-22-8-7-20-9-18(22)26/h1-6,11,20H,7-10,12H2,(H,21,24). The molecule has 2 heterocycles. The van der Waals surface area contributed by atoms with E-state index in [2.05, 4.69) is 10.6 Å². The minimum Gasteiger partial charge on any atom is -0.331 e. The fourth-order valence-electron chi connectivity index (χ4n) is 2.73. The van der Waals surface area contributed by atoms with Crippen LogP contribution in [0.1, 0.15) is 5.56 Å². The number of hydrogen-bond acceptors (Lipinski definition) is 4. The minimum absolute atomic E-state index is 0.00977. The lowest BCUT2D eigenvalue weighted by molar-refractivity contribution is -0.135. The van der Waals surface area contributed by atoms with Crippen LogP contribution >= 0.6 is 11.6 Å². The highest BCUT2D eigenvalue weighted by atomic mass is 35.5. The van der Waals surface area contributed by atoms with Gasteiger partial charge < -0.3 is 20.1 Å². The van der Waals surface area contributed by atoms with Crippen molar-refractivity contribution in [3.63, 3.8) is 0 Å². The maximum atomic E-state index is 12.2. The van der Waals surface area contributed by atoms with E-state index >= 15 is 0 Å². The Morgan fingerprint density at radius 1 is 1.19 bits per heavy atom. The molecule has 0 bridgehead atoms. The topological polar surface area (TPSA) is 83.4 Å². The molecule has 0 unspecified atom stereocenters. The Morgan fingerprint density at radius 3 is 2.77 bits per heavy atom. The van der Waals surface area contributed by atoms with E-state index in [1.807, 2.05) is 18.2 Å². The second-order valence-corrected chi connectivity index (χ2v) is 6.42. The average Bonchev–Trinajstić information content (AvgIpc) is 2.62. The number of carbonyl (C=O) groups is 2. The molecule has 2 N–H and O–H groups in total. The van der Waals surface area contributed by atoms with Crippen LogP contribution in [0.25, 0.3) is 0 Å². The van der Waals surface area contributed by atoms with Crippen LogP contribution in [0, 0.1) is 0 Å². The van der Waals surface area contributed by atoms with Crippen molar-refractivity contribution in [1.82, 2.24) is 14.8 Å². The molecule has 8 heteroatoms. The highest BCUT2D eigenvalue weighted by Gasteiger charge is 2.20. The summed E-state index contributed by atoms with van der Waals surface area (Å²) in [6, 6.07) is 10.2. The van der Waals surface area contributed by atoms with Gasteiger partial charge >= 0.3 is 0 Å². The molecule has 1 aliphatic heterocycles. The molecule has 0 radical (unpaired) electrons. The van der Waals surface area contributed by atoms with E-state index < -0.39 is 0 Å². The monoisotopic (exact) mass is 374 g/mol. The largest absolute Gasteiger partial charge is 0.331 e. The van der Waals surface area contributed by atoms with Crippen LogP contribution in [0.4, 0.5) is 5.69 Å². The van der Waals surface area contributed by atoms with Crippen LogP contribution in [0.2, 0.25) is 5.02 Å². The number of benzene rings is 1. The van der Waals surface area contributed by atoms with Gasteiger partial charge in [-0.2, -0.15) is 0 Å². The van der Waals surface area contributed by atoms with Crippen molar-refractivity contribution in [2.75, 3.05) is 31.5 Å². The number of anilines is 1. The van der Waals surface area contributed by atoms with Crippen LogP contribution in [0.3, 0.4) is 0 Å². The quantitative estimate of drug-likeness (QED) is 0.815. The van der Waals surface area contributed by atoms with Gasteiger partial charge in [-0.15, -0.1) is 0 Å². The molecule has 0 atom stereocenters. The molecular weight excluding hydrogens is 356 g/mol. The molecule has 1 aromatic carbocycles. The fraction of sp³-hybridized carbons (Fsp3) is 0.278. The van der Waals surface area contributed by atoms with E-state index in [0.717, 1.165) is 5.56 Å². The van der Waals surface area contributed by atoms with E-state index in [1.54, 1.807) is 18.3 Å². The first-order valence-electron chi connectivity index (χ1n) is 8.25. The van der Waals surface area contributed by atoms with Gasteiger partial charge in [0.05, 0.1) is 25.3 Å². The molecule has 2 aromatic rings. The van der Waals surface area contributed by atoms with Crippen LogP contribution in [0.15, 0.2) is 47.4 Å². The number of nitrogens with zero attached hydrogens (tertiary/aromatic N) is 2. The number of amides is 2. The SMILES string of the molecule is O=C(CN1CCNCC1=O)Nc1ccc(=O)n(Cc2ccccc2Cl)c1. The molecule has 0 aliphatic carbocycles. The first kappa shape index (κ1) is 18.2. The van der Waals surface area contributed by atoms with Crippen molar-refractivity contribution in [1.29, 1.82) is 0 Å². The van der Waals surface area contributed by atoms with E-state index in [0.29, 0.717) is 30.3 Å².